The van der Waals surface area contributed by atoms with Crippen LogP contribution in [0, 0.1) is 23.2 Å². The van der Waals surface area contributed by atoms with Gasteiger partial charge in [-0.15, -0.1) is 0 Å². The van der Waals surface area contributed by atoms with Crippen LogP contribution in [0.3, 0.4) is 0 Å². The summed E-state index contributed by atoms with van der Waals surface area (Å²) in [5, 5.41) is 19.4. The molecule has 0 heterocycles. The van der Waals surface area contributed by atoms with Crippen LogP contribution in [0.1, 0.15) is 40.5 Å². The predicted molar refractivity (Wildman–Crippen MR) is 71.3 cm³/mol. The molecule has 104 valence electrons. The lowest BCUT2D eigenvalue weighted by Crippen LogP contribution is -2.53. The Morgan fingerprint density at radius 1 is 1.47 bits per heavy atom. The molecule has 0 aliphatic heterocycles. The van der Waals surface area contributed by atoms with E-state index in [0.717, 1.165) is 6.08 Å². The van der Waals surface area contributed by atoms with Crippen LogP contribution >= 0.6 is 0 Å². The lowest BCUT2D eigenvalue weighted by molar-refractivity contribution is -0.140. The molecule has 2 atom stereocenters. The first-order valence-electron chi connectivity index (χ1n) is 6.27. The van der Waals surface area contributed by atoms with Crippen molar-refractivity contribution in [2.75, 3.05) is 0 Å². The van der Waals surface area contributed by atoms with E-state index in [1.807, 2.05) is 13.8 Å². The lowest BCUT2D eigenvalue weighted by Gasteiger charge is -2.46. The number of Topliss-reactive ketones (excluding diaryl/α,β-unsaturated/α-hetero) is 1. The molecule has 0 aromatic heterocycles. The van der Waals surface area contributed by atoms with Gasteiger partial charge in [0.1, 0.15) is 11.4 Å². The third-order valence-electron chi connectivity index (χ3n) is 3.71. The number of carbonyl (C=O) groups is 2. The number of ketones is 1. The fourth-order valence-electron chi connectivity index (χ4n) is 2.56. The van der Waals surface area contributed by atoms with Crippen molar-refractivity contribution >= 4 is 11.8 Å². The molecular weight excluding hydrogens is 244 g/mol. The Bertz CT molecular complexity index is 490. The van der Waals surface area contributed by atoms with Crippen molar-refractivity contribution in [1.82, 2.24) is 0 Å². The first-order valence-corrected chi connectivity index (χ1v) is 6.27. The summed E-state index contributed by atoms with van der Waals surface area (Å²) in [6.45, 7) is 7.00. The largest absolute Gasteiger partial charge is 0.478 e. The minimum absolute atomic E-state index is 0.127. The summed E-state index contributed by atoms with van der Waals surface area (Å²) in [7, 11) is 0. The minimum atomic E-state index is -1.28. The highest BCUT2D eigenvalue weighted by Crippen LogP contribution is 2.45. The first-order chi connectivity index (χ1) is 8.58. The van der Waals surface area contributed by atoms with E-state index in [2.05, 4.69) is 11.8 Å². The van der Waals surface area contributed by atoms with Crippen LogP contribution in [-0.4, -0.2) is 27.6 Å². The van der Waals surface area contributed by atoms with Crippen molar-refractivity contribution in [2.45, 2.75) is 46.1 Å². The summed E-state index contributed by atoms with van der Waals surface area (Å²) in [6.07, 6.45) is 1.59. The van der Waals surface area contributed by atoms with Crippen molar-refractivity contribution in [1.29, 1.82) is 0 Å². The second kappa shape index (κ2) is 5.18. The van der Waals surface area contributed by atoms with E-state index in [-0.39, 0.29) is 18.1 Å². The number of carbonyl (C=O) groups excluding carboxylic acids is 1. The number of aliphatic hydroxyl groups is 1. The zero-order chi connectivity index (χ0) is 14.8. The van der Waals surface area contributed by atoms with Crippen LogP contribution in [0.2, 0.25) is 0 Å². The van der Waals surface area contributed by atoms with Crippen molar-refractivity contribution < 1.29 is 19.8 Å². The van der Waals surface area contributed by atoms with Gasteiger partial charge in [-0.1, -0.05) is 32.6 Å². The molecule has 2 N–H and O–H groups in total. The van der Waals surface area contributed by atoms with E-state index < -0.39 is 17.0 Å². The van der Waals surface area contributed by atoms with Gasteiger partial charge in [0.05, 0.1) is 0 Å². The topological polar surface area (TPSA) is 74.6 Å². The Morgan fingerprint density at radius 2 is 2.05 bits per heavy atom. The number of hydrogen-bond donors (Lipinski definition) is 2. The van der Waals surface area contributed by atoms with Gasteiger partial charge in [-0.3, -0.25) is 4.79 Å². The molecule has 0 spiro atoms. The molecular formula is C15H20O4. The molecule has 2 unspecified atom stereocenters. The van der Waals surface area contributed by atoms with Gasteiger partial charge >= 0.3 is 5.97 Å². The van der Waals surface area contributed by atoms with Gasteiger partial charge in [0.15, 0.2) is 0 Å². The molecule has 19 heavy (non-hydrogen) atoms. The zero-order valence-corrected chi connectivity index (χ0v) is 11.8. The maximum atomic E-state index is 11.6. The Morgan fingerprint density at radius 3 is 2.53 bits per heavy atom. The fourth-order valence-corrected chi connectivity index (χ4v) is 2.56. The molecule has 0 bridgehead atoms. The Balaban J connectivity index is 3.12. The highest BCUT2D eigenvalue weighted by molar-refractivity contribution is 5.82. The average molecular weight is 264 g/mol. The third kappa shape index (κ3) is 3.24. The number of allylic oxidation sites excluding steroid dienone is 1. The molecule has 1 aliphatic carbocycles. The van der Waals surface area contributed by atoms with Crippen LogP contribution in [-0.2, 0) is 9.59 Å². The van der Waals surface area contributed by atoms with E-state index in [1.54, 1.807) is 13.8 Å². The average Bonchev–Trinajstić information content (AvgIpc) is 2.21. The molecule has 1 rings (SSSR count). The normalized spacial score (nSPS) is 30.5. The summed E-state index contributed by atoms with van der Waals surface area (Å²) in [6, 6.07) is 0. The second-order valence-electron chi connectivity index (χ2n) is 5.89. The van der Waals surface area contributed by atoms with Gasteiger partial charge < -0.3 is 10.2 Å². The summed E-state index contributed by atoms with van der Waals surface area (Å²) in [5.41, 5.74) is -1.55. The minimum Gasteiger partial charge on any atom is -0.478 e. The Hall–Kier alpha value is -1.60. The van der Waals surface area contributed by atoms with Gasteiger partial charge in [-0.05, 0) is 6.92 Å². The maximum Gasteiger partial charge on any atom is 0.329 e. The van der Waals surface area contributed by atoms with Gasteiger partial charge in [-0.25, -0.2) is 4.79 Å². The number of carboxylic acids is 1. The zero-order valence-electron chi connectivity index (χ0n) is 11.8. The molecule has 4 heteroatoms. The third-order valence-corrected chi connectivity index (χ3v) is 3.71. The molecule has 1 saturated carbocycles. The van der Waals surface area contributed by atoms with Crippen molar-refractivity contribution in [3.8, 4) is 11.8 Å². The first kappa shape index (κ1) is 15.5. The van der Waals surface area contributed by atoms with Gasteiger partial charge in [0.2, 0.25) is 0 Å². The smallest absolute Gasteiger partial charge is 0.329 e. The van der Waals surface area contributed by atoms with Crippen LogP contribution in [0.5, 0.6) is 0 Å². The van der Waals surface area contributed by atoms with Crippen LogP contribution in [0.25, 0.3) is 0 Å². The summed E-state index contributed by atoms with van der Waals surface area (Å²) < 4.78 is 0. The summed E-state index contributed by atoms with van der Waals surface area (Å²) in [5.74, 6) is 4.27. The molecule has 0 aromatic rings. The quantitative estimate of drug-likeness (QED) is 0.559. The van der Waals surface area contributed by atoms with Gasteiger partial charge in [-0.2, -0.15) is 0 Å². The molecule has 0 amide bonds. The highest BCUT2D eigenvalue weighted by atomic mass is 16.4. The lowest BCUT2D eigenvalue weighted by atomic mass is 9.60. The standard InChI is InChI=1S/C15H20O4/c1-10(7-13(17)18)5-6-15(19)11(2)8-12(16)9-14(15,3)4/h7,11,19H,8-9H2,1-4H3,(H,17,18)/b10-7-. The van der Waals surface area contributed by atoms with E-state index in [1.165, 1.54) is 0 Å². The highest BCUT2D eigenvalue weighted by Gasteiger charge is 2.51. The molecule has 1 aliphatic rings. The van der Waals surface area contributed by atoms with E-state index >= 15 is 0 Å². The molecule has 0 saturated heterocycles. The van der Waals surface area contributed by atoms with Gasteiger partial charge in [0, 0.05) is 35.8 Å². The van der Waals surface area contributed by atoms with Gasteiger partial charge in [0.25, 0.3) is 0 Å². The van der Waals surface area contributed by atoms with E-state index in [0.29, 0.717) is 12.0 Å². The van der Waals surface area contributed by atoms with Crippen LogP contribution in [0.15, 0.2) is 11.6 Å². The summed E-state index contributed by atoms with van der Waals surface area (Å²) in [4.78, 5) is 22.1. The van der Waals surface area contributed by atoms with E-state index in [9.17, 15) is 14.7 Å². The Labute approximate surface area is 113 Å². The maximum absolute atomic E-state index is 11.6. The molecule has 0 radical (unpaired) electrons. The molecule has 0 aromatic carbocycles. The number of carboxylic acid groups (broad SMARTS) is 1. The van der Waals surface area contributed by atoms with Crippen LogP contribution < -0.4 is 0 Å². The van der Waals surface area contributed by atoms with Crippen molar-refractivity contribution in [2.24, 2.45) is 11.3 Å². The summed E-state index contributed by atoms with van der Waals surface area (Å²) >= 11 is 0. The van der Waals surface area contributed by atoms with Crippen LogP contribution in [0.4, 0.5) is 0 Å². The molecule has 1 fully saturated rings. The molecule has 4 nitrogen and oxygen atoms in total. The Kier molecular flexibility index (Phi) is 4.21. The predicted octanol–water partition coefficient (Wildman–Crippen LogP) is 1.78. The van der Waals surface area contributed by atoms with Crippen molar-refractivity contribution in [3.05, 3.63) is 11.6 Å². The number of hydrogen-bond acceptors (Lipinski definition) is 3. The SMILES string of the molecule is C/C(C#CC1(O)C(C)CC(=O)CC1(C)C)=C/C(=O)O. The second-order valence-corrected chi connectivity index (χ2v) is 5.89. The van der Waals surface area contributed by atoms with Crippen molar-refractivity contribution in [3.63, 3.8) is 0 Å². The number of rotatable bonds is 1. The monoisotopic (exact) mass is 264 g/mol. The fraction of sp³-hybridized carbons (Fsp3) is 0.600. The van der Waals surface area contributed by atoms with E-state index in [4.69, 9.17) is 5.11 Å². The number of aliphatic carboxylic acids is 1.